The summed E-state index contributed by atoms with van der Waals surface area (Å²) in [5, 5.41) is 8.59. The first-order valence-electron chi connectivity index (χ1n) is 11.5. The molecule has 6 rings (SSSR count). The average molecular weight is 619 g/mol. The SMILES string of the molecule is Clc1ccc2nc(N3N=C(c4ccc(Br)cc4)CC3c3ccc(Br)cc3)nc(-c3ccccc3)c2c1. The van der Waals surface area contributed by atoms with Gasteiger partial charge in [-0.05, 0) is 53.6 Å². The maximum atomic E-state index is 6.36. The van der Waals surface area contributed by atoms with Crippen molar-refractivity contribution < 1.29 is 0 Å². The quantitative estimate of drug-likeness (QED) is 0.202. The number of halogens is 3. The molecule has 0 spiro atoms. The number of rotatable bonds is 4. The molecule has 0 saturated carbocycles. The van der Waals surface area contributed by atoms with Crippen LogP contribution in [0.25, 0.3) is 22.2 Å². The van der Waals surface area contributed by atoms with Gasteiger partial charge in [0.25, 0.3) is 0 Å². The Balaban J connectivity index is 1.53. The van der Waals surface area contributed by atoms with Crippen LogP contribution < -0.4 is 5.01 Å². The van der Waals surface area contributed by atoms with Crippen molar-refractivity contribution in [3.05, 3.63) is 122 Å². The molecule has 0 fully saturated rings. The Morgan fingerprint density at radius 2 is 1.44 bits per heavy atom. The molecule has 7 heteroatoms. The van der Waals surface area contributed by atoms with Crippen LogP contribution in [0.5, 0.6) is 0 Å². The number of fused-ring (bicyclic) bond motifs is 1. The van der Waals surface area contributed by atoms with Gasteiger partial charge in [0.15, 0.2) is 0 Å². The van der Waals surface area contributed by atoms with Crippen molar-refractivity contribution in [2.24, 2.45) is 5.10 Å². The highest BCUT2D eigenvalue weighted by Gasteiger charge is 2.32. The van der Waals surface area contributed by atoms with Crippen LogP contribution in [-0.2, 0) is 0 Å². The third-order valence-corrected chi connectivity index (χ3v) is 7.53. The van der Waals surface area contributed by atoms with Gasteiger partial charge in [-0.3, -0.25) is 0 Å². The van der Waals surface area contributed by atoms with Gasteiger partial charge in [0.2, 0.25) is 5.95 Å². The Morgan fingerprint density at radius 3 is 2.17 bits per heavy atom. The lowest BCUT2D eigenvalue weighted by Gasteiger charge is -2.23. The van der Waals surface area contributed by atoms with E-state index in [1.807, 2.05) is 53.5 Å². The minimum Gasteiger partial charge on any atom is -0.223 e. The fraction of sp³-hybridized carbons (Fsp3) is 0.0690. The number of benzene rings is 4. The summed E-state index contributed by atoms with van der Waals surface area (Å²) in [6.45, 7) is 0. The lowest BCUT2D eigenvalue weighted by Crippen LogP contribution is -2.21. The molecule has 0 saturated heterocycles. The van der Waals surface area contributed by atoms with Gasteiger partial charge < -0.3 is 0 Å². The first-order chi connectivity index (χ1) is 17.5. The highest BCUT2D eigenvalue weighted by atomic mass is 79.9. The van der Waals surface area contributed by atoms with Crippen molar-refractivity contribution in [2.45, 2.75) is 12.5 Å². The van der Waals surface area contributed by atoms with Crippen LogP contribution in [0.2, 0.25) is 5.02 Å². The Labute approximate surface area is 230 Å². The van der Waals surface area contributed by atoms with E-state index in [1.54, 1.807) is 0 Å². The van der Waals surface area contributed by atoms with E-state index in [1.165, 1.54) is 0 Å². The van der Waals surface area contributed by atoms with Crippen LogP contribution >= 0.6 is 43.5 Å². The van der Waals surface area contributed by atoms with Crippen molar-refractivity contribution in [3.8, 4) is 11.3 Å². The third-order valence-electron chi connectivity index (χ3n) is 6.24. The van der Waals surface area contributed by atoms with Gasteiger partial charge in [-0.25, -0.2) is 15.0 Å². The molecular weight excluding hydrogens is 600 g/mol. The fourth-order valence-corrected chi connectivity index (χ4v) is 5.16. The average Bonchev–Trinajstić information content (AvgIpc) is 3.35. The Bertz CT molecular complexity index is 1590. The van der Waals surface area contributed by atoms with Crippen molar-refractivity contribution in [2.75, 3.05) is 5.01 Å². The zero-order chi connectivity index (χ0) is 24.6. The standard InChI is InChI=1S/C29H19Br2ClN4/c30-21-10-6-18(7-11-21)26-17-27(19-8-12-22(31)13-9-19)36(35-26)29-33-25-15-14-23(32)16-24(25)28(34-29)20-4-2-1-3-5-20/h1-16,27H,17H2. The molecule has 0 amide bonds. The molecule has 36 heavy (non-hydrogen) atoms. The van der Waals surface area contributed by atoms with E-state index >= 15 is 0 Å². The van der Waals surface area contributed by atoms with Gasteiger partial charge in [-0.15, -0.1) is 0 Å². The maximum Gasteiger partial charge on any atom is 0.247 e. The number of anilines is 1. The molecule has 5 aromatic rings. The van der Waals surface area contributed by atoms with Crippen molar-refractivity contribution >= 4 is 66.0 Å². The molecule has 176 valence electrons. The van der Waals surface area contributed by atoms with E-state index in [0.717, 1.165) is 54.4 Å². The van der Waals surface area contributed by atoms with Crippen LogP contribution in [0.15, 0.2) is 111 Å². The van der Waals surface area contributed by atoms with Crippen LogP contribution in [-0.4, -0.2) is 15.7 Å². The summed E-state index contributed by atoms with van der Waals surface area (Å²) in [7, 11) is 0. The summed E-state index contributed by atoms with van der Waals surface area (Å²) >= 11 is 13.5. The van der Waals surface area contributed by atoms with Crippen LogP contribution in [0.3, 0.4) is 0 Å². The van der Waals surface area contributed by atoms with E-state index in [4.69, 9.17) is 26.7 Å². The van der Waals surface area contributed by atoms with E-state index in [2.05, 4.69) is 80.4 Å². The zero-order valence-corrected chi connectivity index (χ0v) is 22.9. The van der Waals surface area contributed by atoms with Gasteiger partial charge in [0.05, 0.1) is 23.0 Å². The van der Waals surface area contributed by atoms with Crippen LogP contribution in [0, 0.1) is 0 Å². The van der Waals surface area contributed by atoms with E-state index < -0.39 is 0 Å². The summed E-state index contributed by atoms with van der Waals surface area (Å²) in [4.78, 5) is 10.0. The number of hydrazone groups is 1. The van der Waals surface area contributed by atoms with E-state index in [9.17, 15) is 0 Å². The molecule has 4 nitrogen and oxygen atoms in total. The first-order valence-corrected chi connectivity index (χ1v) is 13.4. The summed E-state index contributed by atoms with van der Waals surface area (Å²) in [5.74, 6) is 0.559. The van der Waals surface area contributed by atoms with Gasteiger partial charge in [0.1, 0.15) is 0 Å². The highest BCUT2D eigenvalue weighted by Crippen LogP contribution is 2.38. The van der Waals surface area contributed by atoms with Crippen molar-refractivity contribution in [1.29, 1.82) is 0 Å². The topological polar surface area (TPSA) is 41.4 Å². The smallest absolute Gasteiger partial charge is 0.223 e. The van der Waals surface area contributed by atoms with Gasteiger partial charge >= 0.3 is 0 Å². The normalized spacial score (nSPS) is 15.4. The number of hydrogen-bond acceptors (Lipinski definition) is 4. The van der Waals surface area contributed by atoms with Crippen LogP contribution in [0.1, 0.15) is 23.6 Å². The molecule has 0 bridgehead atoms. The molecular formula is C29H19Br2ClN4. The fourth-order valence-electron chi connectivity index (χ4n) is 4.46. The first kappa shape index (κ1) is 23.3. The molecule has 1 unspecified atom stereocenters. The van der Waals surface area contributed by atoms with Gasteiger partial charge in [-0.2, -0.15) is 5.10 Å². The Morgan fingerprint density at radius 1 is 0.750 bits per heavy atom. The molecule has 0 aliphatic carbocycles. The lowest BCUT2D eigenvalue weighted by atomic mass is 9.98. The molecule has 1 atom stereocenters. The van der Waals surface area contributed by atoms with Crippen molar-refractivity contribution in [3.63, 3.8) is 0 Å². The van der Waals surface area contributed by atoms with E-state index in [0.29, 0.717) is 11.0 Å². The molecule has 0 radical (unpaired) electrons. The zero-order valence-electron chi connectivity index (χ0n) is 18.9. The Kier molecular flexibility index (Phi) is 6.34. The second kappa shape index (κ2) is 9.77. The molecule has 1 aliphatic heterocycles. The Hall–Kier alpha value is -3.06. The predicted molar refractivity (Wildman–Crippen MR) is 155 cm³/mol. The number of hydrogen-bond donors (Lipinski definition) is 0. The molecule has 4 aromatic carbocycles. The number of aromatic nitrogens is 2. The summed E-state index contributed by atoms with van der Waals surface area (Å²) in [6, 6.07) is 32.5. The van der Waals surface area contributed by atoms with Crippen molar-refractivity contribution in [1.82, 2.24) is 9.97 Å². The van der Waals surface area contributed by atoms with Gasteiger partial charge in [0, 0.05) is 31.3 Å². The molecule has 0 N–H and O–H groups in total. The predicted octanol–water partition coefficient (Wildman–Crippen LogP) is 8.83. The lowest BCUT2D eigenvalue weighted by molar-refractivity contribution is 0.689. The largest absolute Gasteiger partial charge is 0.247 e. The summed E-state index contributed by atoms with van der Waals surface area (Å²) in [6.07, 6.45) is 0.742. The highest BCUT2D eigenvalue weighted by molar-refractivity contribution is 9.10. The minimum absolute atomic E-state index is 0.0369. The summed E-state index contributed by atoms with van der Waals surface area (Å²) < 4.78 is 2.07. The maximum absolute atomic E-state index is 6.36. The molecule has 1 aliphatic rings. The van der Waals surface area contributed by atoms with Gasteiger partial charge in [-0.1, -0.05) is 98.1 Å². The van der Waals surface area contributed by atoms with Crippen LogP contribution in [0.4, 0.5) is 5.95 Å². The second-order valence-electron chi connectivity index (χ2n) is 8.57. The number of nitrogens with zero attached hydrogens (tertiary/aromatic N) is 4. The van der Waals surface area contributed by atoms with E-state index in [-0.39, 0.29) is 6.04 Å². The summed E-state index contributed by atoms with van der Waals surface area (Å²) in [5.41, 5.74) is 5.89. The molecule has 2 heterocycles. The molecule has 1 aromatic heterocycles. The second-order valence-corrected chi connectivity index (χ2v) is 10.8. The minimum atomic E-state index is -0.0369. The third kappa shape index (κ3) is 4.57. The monoisotopic (exact) mass is 616 g/mol.